The Morgan fingerprint density at radius 3 is 2.60 bits per heavy atom. The Bertz CT molecular complexity index is 148. The van der Waals surface area contributed by atoms with E-state index in [1.165, 1.54) is 19.3 Å². The molecule has 3 atom stereocenters. The minimum atomic E-state index is -0.469. The predicted octanol–water partition coefficient (Wildman–Crippen LogP) is 0.496. The molecule has 2 heteroatoms. The van der Waals surface area contributed by atoms with Gasteiger partial charge in [0.1, 0.15) is 0 Å². The molecule has 0 spiro atoms. The highest BCUT2D eigenvalue weighted by molar-refractivity contribution is 5.01. The zero-order chi connectivity index (χ0) is 7.19. The molecule has 10 heavy (non-hydrogen) atoms. The van der Waals surface area contributed by atoms with E-state index in [1.54, 1.807) is 0 Å². The van der Waals surface area contributed by atoms with Gasteiger partial charge in [-0.05, 0) is 37.5 Å². The third-order valence-corrected chi connectivity index (χ3v) is 3.30. The summed E-state index contributed by atoms with van der Waals surface area (Å²) in [6.07, 6.45) is 4.73. The Hall–Kier alpha value is -0.0800. The van der Waals surface area contributed by atoms with Crippen LogP contribution in [0.15, 0.2) is 0 Å². The fourth-order valence-electron chi connectivity index (χ4n) is 2.66. The van der Waals surface area contributed by atoms with E-state index < -0.39 is 5.60 Å². The van der Waals surface area contributed by atoms with Gasteiger partial charge < -0.3 is 10.8 Å². The van der Waals surface area contributed by atoms with Crippen molar-refractivity contribution < 1.29 is 5.11 Å². The molecular weight excluding hydrogens is 126 g/mol. The highest BCUT2D eigenvalue weighted by Crippen LogP contribution is 2.50. The van der Waals surface area contributed by atoms with Gasteiger partial charge in [-0.2, -0.15) is 0 Å². The molecule has 2 fully saturated rings. The van der Waals surface area contributed by atoms with Crippen molar-refractivity contribution in [3.05, 3.63) is 0 Å². The fourth-order valence-corrected chi connectivity index (χ4v) is 2.66. The van der Waals surface area contributed by atoms with Crippen molar-refractivity contribution in [2.24, 2.45) is 17.6 Å². The highest BCUT2D eigenvalue weighted by Gasteiger charge is 2.48. The molecule has 2 aliphatic carbocycles. The van der Waals surface area contributed by atoms with E-state index in [1.807, 2.05) is 0 Å². The SMILES string of the molecule is NC[C@]1(O)C[C@H]2CC[C@H]1C2. The molecule has 58 valence electrons. The van der Waals surface area contributed by atoms with Crippen LogP contribution in [0.1, 0.15) is 25.7 Å². The first-order chi connectivity index (χ1) is 4.74. The summed E-state index contributed by atoms with van der Waals surface area (Å²) in [5.41, 5.74) is 5.04. The largest absolute Gasteiger partial charge is 0.388 e. The molecule has 2 rings (SSSR count). The van der Waals surface area contributed by atoms with Crippen LogP contribution in [0.2, 0.25) is 0 Å². The molecular formula is C8H15NO. The predicted molar refractivity (Wildman–Crippen MR) is 39.5 cm³/mol. The lowest BCUT2D eigenvalue weighted by Gasteiger charge is -2.30. The summed E-state index contributed by atoms with van der Waals surface area (Å²) in [6.45, 7) is 0.466. The van der Waals surface area contributed by atoms with Crippen molar-refractivity contribution in [2.75, 3.05) is 6.54 Å². The number of hydrogen-bond acceptors (Lipinski definition) is 2. The monoisotopic (exact) mass is 141 g/mol. The van der Waals surface area contributed by atoms with E-state index in [4.69, 9.17) is 5.73 Å². The average Bonchev–Trinajstić information content (AvgIpc) is 2.46. The van der Waals surface area contributed by atoms with Gasteiger partial charge in [0.15, 0.2) is 0 Å². The van der Waals surface area contributed by atoms with Gasteiger partial charge in [0, 0.05) is 6.54 Å². The number of nitrogens with two attached hydrogens (primary N) is 1. The van der Waals surface area contributed by atoms with Crippen molar-refractivity contribution in [3.63, 3.8) is 0 Å². The maximum Gasteiger partial charge on any atom is 0.0800 e. The highest BCUT2D eigenvalue weighted by atomic mass is 16.3. The summed E-state index contributed by atoms with van der Waals surface area (Å²) in [7, 11) is 0. The molecule has 0 unspecified atom stereocenters. The van der Waals surface area contributed by atoms with Gasteiger partial charge >= 0.3 is 0 Å². The Morgan fingerprint density at radius 1 is 1.50 bits per heavy atom. The molecule has 0 aromatic carbocycles. The van der Waals surface area contributed by atoms with E-state index >= 15 is 0 Å². The van der Waals surface area contributed by atoms with Crippen LogP contribution < -0.4 is 5.73 Å². The molecule has 2 nitrogen and oxygen atoms in total. The summed E-state index contributed by atoms with van der Waals surface area (Å²) in [4.78, 5) is 0. The van der Waals surface area contributed by atoms with Gasteiger partial charge in [-0.15, -0.1) is 0 Å². The van der Waals surface area contributed by atoms with E-state index in [0.29, 0.717) is 12.5 Å². The number of rotatable bonds is 1. The summed E-state index contributed by atoms with van der Waals surface area (Å²) in [6, 6.07) is 0. The summed E-state index contributed by atoms with van der Waals surface area (Å²) < 4.78 is 0. The molecule has 2 bridgehead atoms. The summed E-state index contributed by atoms with van der Waals surface area (Å²) in [5, 5.41) is 9.87. The average molecular weight is 141 g/mol. The van der Waals surface area contributed by atoms with Gasteiger partial charge in [0.05, 0.1) is 5.60 Å². The van der Waals surface area contributed by atoms with Crippen molar-refractivity contribution in [1.29, 1.82) is 0 Å². The maximum absolute atomic E-state index is 9.87. The van der Waals surface area contributed by atoms with Gasteiger partial charge in [0.25, 0.3) is 0 Å². The zero-order valence-corrected chi connectivity index (χ0v) is 6.21. The minimum absolute atomic E-state index is 0.466. The Balaban J connectivity index is 2.14. The maximum atomic E-state index is 9.87. The Morgan fingerprint density at radius 2 is 2.30 bits per heavy atom. The van der Waals surface area contributed by atoms with Gasteiger partial charge in [-0.25, -0.2) is 0 Å². The lowest BCUT2D eigenvalue weighted by Crippen LogP contribution is -2.42. The van der Waals surface area contributed by atoms with Crippen LogP contribution in [0.3, 0.4) is 0 Å². The molecule has 0 saturated heterocycles. The van der Waals surface area contributed by atoms with Gasteiger partial charge in [-0.3, -0.25) is 0 Å². The summed E-state index contributed by atoms with van der Waals surface area (Å²) >= 11 is 0. The molecule has 0 amide bonds. The third kappa shape index (κ3) is 0.722. The van der Waals surface area contributed by atoms with Crippen LogP contribution in [0.25, 0.3) is 0 Å². The quantitative estimate of drug-likeness (QED) is 0.558. The van der Waals surface area contributed by atoms with E-state index in [0.717, 1.165) is 12.3 Å². The zero-order valence-electron chi connectivity index (χ0n) is 6.21. The van der Waals surface area contributed by atoms with E-state index in [-0.39, 0.29) is 0 Å². The van der Waals surface area contributed by atoms with E-state index in [9.17, 15) is 5.11 Å². The number of fused-ring (bicyclic) bond motifs is 2. The molecule has 3 N–H and O–H groups in total. The third-order valence-electron chi connectivity index (χ3n) is 3.30. The first-order valence-corrected chi connectivity index (χ1v) is 4.17. The molecule has 0 radical (unpaired) electrons. The van der Waals surface area contributed by atoms with Crippen molar-refractivity contribution >= 4 is 0 Å². The molecule has 2 saturated carbocycles. The van der Waals surface area contributed by atoms with Crippen LogP contribution in [0.5, 0.6) is 0 Å². The molecule has 2 aliphatic rings. The van der Waals surface area contributed by atoms with Crippen molar-refractivity contribution in [3.8, 4) is 0 Å². The van der Waals surface area contributed by atoms with E-state index in [2.05, 4.69) is 0 Å². The molecule has 0 aliphatic heterocycles. The fraction of sp³-hybridized carbons (Fsp3) is 1.00. The minimum Gasteiger partial charge on any atom is -0.388 e. The standard InChI is InChI=1S/C8H15NO/c9-5-8(10)4-6-1-2-7(8)3-6/h6-7,10H,1-5,9H2/t6-,7-,8+/m0/s1. The lowest BCUT2D eigenvalue weighted by atomic mass is 9.84. The van der Waals surface area contributed by atoms with Crippen molar-refractivity contribution in [1.82, 2.24) is 0 Å². The first kappa shape index (κ1) is 6.62. The smallest absolute Gasteiger partial charge is 0.0800 e. The second-order valence-corrected chi connectivity index (χ2v) is 3.89. The van der Waals surface area contributed by atoms with Gasteiger partial charge in [0.2, 0.25) is 0 Å². The first-order valence-electron chi connectivity index (χ1n) is 4.17. The molecule has 0 heterocycles. The van der Waals surface area contributed by atoms with Gasteiger partial charge in [-0.1, -0.05) is 0 Å². The van der Waals surface area contributed by atoms with Crippen LogP contribution >= 0.6 is 0 Å². The number of hydrogen-bond donors (Lipinski definition) is 2. The topological polar surface area (TPSA) is 46.2 Å². The second kappa shape index (κ2) is 1.95. The molecule has 0 aromatic rings. The van der Waals surface area contributed by atoms with Crippen molar-refractivity contribution in [2.45, 2.75) is 31.3 Å². The molecule has 0 aromatic heterocycles. The van der Waals surface area contributed by atoms with Crippen LogP contribution in [0, 0.1) is 11.8 Å². The van der Waals surface area contributed by atoms with Crippen LogP contribution in [-0.4, -0.2) is 17.3 Å². The Kier molecular flexibility index (Phi) is 1.29. The second-order valence-electron chi connectivity index (χ2n) is 3.89. The van der Waals surface area contributed by atoms with Crippen LogP contribution in [-0.2, 0) is 0 Å². The Labute approximate surface area is 61.4 Å². The normalized spacial score (nSPS) is 52.2. The van der Waals surface area contributed by atoms with Crippen LogP contribution in [0.4, 0.5) is 0 Å². The summed E-state index contributed by atoms with van der Waals surface area (Å²) in [5.74, 6) is 1.32. The number of aliphatic hydroxyl groups is 1. The lowest BCUT2D eigenvalue weighted by molar-refractivity contribution is -0.00419.